The molecule has 0 saturated carbocycles. The third-order valence-corrected chi connectivity index (χ3v) is 4.02. The number of piperidine rings is 1. The summed E-state index contributed by atoms with van der Waals surface area (Å²) in [6.07, 6.45) is 3.63. The Balaban J connectivity index is 2.05. The van der Waals surface area contributed by atoms with E-state index in [2.05, 4.69) is 55.3 Å². The normalized spacial score (nSPS) is 24.3. The van der Waals surface area contributed by atoms with Gasteiger partial charge >= 0.3 is 0 Å². The van der Waals surface area contributed by atoms with Crippen molar-refractivity contribution in [2.24, 2.45) is 0 Å². The maximum atomic E-state index is 3.58. The minimum Gasteiger partial charge on any atom is -0.369 e. The zero-order valence-electron chi connectivity index (χ0n) is 11.9. The summed E-state index contributed by atoms with van der Waals surface area (Å²) in [5, 5.41) is 3.58. The molecule has 0 radical (unpaired) electrons. The molecule has 2 rings (SSSR count). The van der Waals surface area contributed by atoms with E-state index in [1.807, 2.05) is 0 Å². The molecule has 2 unspecified atom stereocenters. The van der Waals surface area contributed by atoms with E-state index in [0.717, 1.165) is 13.0 Å². The zero-order chi connectivity index (χ0) is 13.0. The lowest BCUT2D eigenvalue weighted by molar-refractivity contribution is 0.374. The molecule has 0 amide bonds. The number of nitrogens with zero attached hydrogens (tertiary/aromatic N) is 1. The van der Waals surface area contributed by atoms with Crippen molar-refractivity contribution in [2.45, 2.75) is 52.1 Å². The van der Waals surface area contributed by atoms with Gasteiger partial charge in [0.1, 0.15) is 0 Å². The van der Waals surface area contributed by atoms with Crippen molar-refractivity contribution < 1.29 is 0 Å². The summed E-state index contributed by atoms with van der Waals surface area (Å²) < 4.78 is 0. The molecule has 1 aromatic rings. The summed E-state index contributed by atoms with van der Waals surface area (Å²) in [5.41, 5.74) is 2.84. The van der Waals surface area contributed by atoms with E-state index >= 15 is 0 Å². The maximum absolute atomic E-state index is 3.58. The lowest BCUT2D eigenvalue weighted by atomic mass is 9.97. The fourth-order valence-electron chi connectivity index (χ4n) is 2.98. The van der Waals surface area contributed by atoms with Gasteiger partial charge in [0.2, 0.25) is 0 Å². The van der Waals surface area contributed by atoms with E-state index in [1.165, 1.54) is 30.6 Å². The lowest BCUT2D eigenvalue weighted by Gasteiger charge is -2.39. The van der Waals surface area contributed by atoms with Crippen molar-refractivity contribution in [3.8, 4) is 0 Å². The minimum atomic E-state index is 0.634. The molecule has 2 nitrogen and oxygen atoms in total. The third-order valence-electron chi connectivity index (χ3n) is 4.02. The maximum Gasteiger partial charge on any atom is 0.0371 e. The quantitative estimate of drug-likeness (QED) is 0.877. The van der Waals surface area contributed by atoms with Gasteiger partial charge < -0.3 is 10.2 Å². The first-order chi connectivity index (χ1) is 8.74. The first-order valence-corrected chi connectivity index (χ1v) is 7.33. The van der Waals surface area contributed by atoms with Gasteiger partial charge in [-0.25, -0.2) is 0 Å². The SMILES string of the molecule is CCNC1CCN(c2cccc(CC)c2)C(C)C1. The summed E-state index contributed by atoms with van der Waals surface area (Å²) in [5.74, 6) is 0. The Morgan fingerprint density at radius 3 is 2.83 bits per heavy atom. The van der Waals surface area contributed by atoms with Crippen LogP contribution >= 0.6 is 0 Å². The summed E-state index contributed by atoms with van der Waals surface area (Å²) in [7, 11) is 0. The zero-order valence-corrected chi connectivity index (χ0v) is 11.9. The third kappa shape index (κ3) is 3.05. The monoisotopic (exact) mass is 246 g/mol. The van der Waals surface area contributed by atoms with Gasteiger partial charge in [0.15, 0.2) is 0 Å². The largest absolute Gasteiger partial charge is 0.369 e. The minimum absolute atomic E-state index is 0.634. The molecule has 1 aromatic carbocycles. The molecule has 0 aromatic heterocycles. The van der Waals surface area contributed by atoms with Gasteiger partial charge in [-0.15, -0.1) is 0 Å². The number of hydrogen-bond acceptors (Lipinski definition) is 2. The summed E-state index contributed by atoms with van der Waals surface area (Å²) in [6.45, 7) is 9.03. The topological polar surface area (TPSA) is 15.3 Å². The Labute approximate surface area is 111 Å². The van der Waals surface area contributed by atoms with Gasteiger partial charge in [-0.05, 0) is 50.4 Å². The predicted octanol–water partition coefficient (Wildman–Crippen LogP) is 3.22. The highest BCUT2D eigenvalue weighted by molar-refractivity contribution is 5.50. The van der Waals surface area contributed by atoms with Crippen LogP contribution in [0.25, 0.3) is 0 Å². The Hall–Kier alpha value is -1.02. The molecule has 2 atom stereocenters. The van der Waals surface area contributed by atoms with E-state index < -0.39 is 0 Å². The molecule has 1 fully saturated rings. The average Bonchev–Trinajstić information content (AvgIpc) is 2.39. The molecular formula is C16H26N2. The van der Waals surface area contributed by atoms with Gasteiger partial charge in [-0.1, -0.05) is 26.0 Å². The van der Waals surface area contributed by atoms with Crippen LogP contribution in [0.5, 0.6) is 0 Å². The number of aryl methyl sites for hydroxylation is 1. The molecule has 0 aliphatic carbocycles. The van der Waals surface area contributed by atoms with Crippen LogP contribution in [0.2, 0.25) is 0 Å². The highest BCUT2D eigenvalue weighted by Crippen LogP contribution is 2.25. The molecule has 100 valence electrons. The predicted molar refractivity (Wildman–Crippen MR) is 79.3 cm³/mol. The number of nitrogens with one attached hydrogen (secondary N) is 1. The fourth-order valence-corrected chi connectivity index (χ4v) is 2.98. The van der Waals surface area contributed by atoms with E-state index in [1.54, 1.807) is 0 Å². The smallest absolute Gasteiger partial charge is 0.0371 e. The van der Waals surface area contributed by atoms with Crippen LogP contribution in [0.4, 0.5) is 5.69 Å². The summed E-state index contributed by atoms with van der Waals surface area (Å²) in [6, 6.07) is 10.4. The summed E-state index contributed by atoms with van der Waals surface area (Å²) >= 11 is 0. The van der Waals surface area contributed by atoms with Crippen LogP contribution < -0.4 is 10.2 Å². The van der Waals surface area contributed by atoms with E-state index in [-0.39, 0.29) is 0 Å². The van der Waals surface area contributed by atoms with Gasteiger partial charge in [-0.2, -0.15) is 0 Å². The van der Waals surface area contributed by atoms with Crippen molar-refractivity contribution in [1.82, 2.24) is 5.32 Å². The lowest BCUT2D eigenvalue weighted by Crippen LogP contribution is -2.47. The molecule has 0 bridgehead atoms. The van der Waals surface area contributed by atoms with E-state index in [0.29, 0.717) is 12.1 Å². The molecule has 2 heteroatoms. The van der Waals surface area contributed by atoms with Crippen molar-refractivity contribution in [1.29, 1.82) is 0 Å². The molecule has 1 saturated heterocycles. The molecule has 1 heterocycles. The van der Waals surface area contributed by atoms with Crippen LogP contribution in [0.3, 0.4) is 0 Å². The number of anilines is 1. The van der Waals surface area contributed by atoms with Crippen molar-refractivity contribution in [3.63, 3.8) is 0 Å². The van der Waals surface area contributed by atoms with E-state index in [9.17, 15) is 0 Å². The van der Waals surface area contributed by atoms with Crippen molar-refractivity contribution >= 4 is 5.69 Å². The van der Waals surface area contributed by atoms with Crippen LogP contribution in [0.15, 0.2) is 24.3 Å². The number of hydrogen-bond donors (Lipinski definition) is 1. The first-order valence-electron chi connectivity index (χ1n) is 7.33. The molecular weight excluding hydrogens is 220 g/mol. The Kier molecular flexibility index (Phi) is 4.65. The number of rotatable bonds is 4. The molecule has 1 aliphatic heterocycles. The summed E-state index contributed by atoms with van der Waals surface area (Å²) in [4.78, 5) is 2.56. The average molecular weight is 246 g/mol. The fraction of sp³-hybridized carbons (Fsp3) is 0.625. The standard InChI is InChI=1S/C16H26N2/c1-4-14-7-6-8-16(12-14)18-10-9-15(17-5-2)11-13(18)3/h6-8,12-13,15,17H,4-5,9-11H2,1-3H3. The van der Waals surface area contributed by atoms with Gasteiger partial charge in [0.05, 0.1) is 0 Å². The first kappa shape index (κ1) is 13.4. The molecule has 1 N–H and O–H groups in total. The van der Waals surface area contributed by atoms with Crippen LogP contribution in [0.1, 0.15) is 39.2 Å². The Bertz CT molecular complexity index is 375. The van der Waals surface area contributed by atoms with Gasteiger partial charge in [0.25, 0.3) is 0 Å². The molecule has 0 spiro atoms. The number of benzene rings is 1. The van der Waals surface area contributed by atoms with Crippen LogP contribution in [-0.4, -0.2) is 25.2 Å². The molecule has 1 aliphatic rings. The van der Waals surface area contributed by atoms with Crippen LogP contribution in [0, 0.1) is 0 Å². The van der Waals surface area contributed by atoms with Crippen molar-refractivity contribution in [2.75, 3.05) is 18.0 Å². The second-order valence-electron chi connectivity index (χ2n) is 5.34. The van der Waals surface area contributed by atoms with Gasteiger partial charge in [-0.3, -0.25) is 0 Å². The molecule has 18 heavy (non-hydrogen) atoms. The van der Waals surface area contributed by atoms with E-state index in [4.69, 9.17) is 0 Å². The second kappa shape index (κ2) is 6.24. The van der Waals surface area contributed by atoms with Crippen molar-refractivity contribution in [3.05, 3.63) is 29.8 Å². The van der Waals surface area contributed by atoms with Crippen LogP contribution in [-0.2, 0) is 6.42 Å². The highest BCUT2D eigenvalue weighted by Gasteiger charge is 2.24. The highest BCUT2D eigenvalue weighted by atomic mass is 15.2. The Morgan fingerprint density at radius 1 is 1.33 bits per heavy atom. The second-order valence-corrected chi connectivity index (χ2v) is 5.34. The van der Waals surface area contributed by atoms with Gasteiger partial charge in [0, 0.05) is 24.3 Å². The Morgan fingerprint density at radius 2 is 2.17 bits per heavy atom.